The molecule has 0 aliphatic heterocycles. The van der Waals surface area contributed by atoms with Crippen molar-refractivity contribution in [3.8, 4) is 17.2 Å². The van der Waals surface area contributed by atoms with Gasteiger partial charge < -0.3 is 24.8 Å². The Morgan fingerprint density at radius 3 is 2.31 bits per heavy atom. The molecule has 0 spiro atoms. The second-order valence-electron chi connectivity index (χ2n) is 5.51. The minimum absolute atomic E-state index is 0.140. The molecule has 7 heteroatoms. The van der Waals surface area contributed by atoms with Crippen molar-refractivity contribution in [2.45, 2.75) is 6.42 Å². The van der Waals surface area contributed by atoms with E-state index in [2.05, 4.69) is 10.6 Å². The predicted octanol–water partition coefficient (Wildman–Crippen LogP) is 3.14. The van der Waals surface area contributed by atoms with E-state index in [4.69, 9.17) is 25.8 Å². The average molecular weight is 379 g/mol. The summed E-state index contributed by atoms with van der Waals surface area (Å²) >= 11 is 6.04. The molecule has 0 aliphatic rings. The van der Waals surface area contributed by atoms with Gasteiger partial charge in [0.15, 0.2) is 11.5 Å². The van der Waals surface area contributed by atoms with Gasteiger partial charge in [-0.15, -0.1) is 0 Å². The van der Waals surface area contributed by atoms with Gasteiger partial charge in [0.25, 0.3) is 0 Å². The quantitative estimate of drug-likeness (QED) is 0.656. The number of carbonyl (C=O) groups is 1. The number of nitrogens with one attached hydrogen (secondary N) is 2. The zero-order chi connectivity index (χ0) is 18.9. The SMILES string of the molecule is COc1ccc(NC(=O)CNCCc2ccc(OC)c(OC)c2)cc1Cl. The molecule has 2 N–H and O–H groups in total. The second-order valence-corrected chi connectivity index (χ2v) is 5.92. The summed E-state index contributed by atoms with van der Waals surface area (Å²) in [6.45, 7) is 0.864. The summed E-state index contributed by atoms with van der Waals surface area (Å²) in [6.07, 6.45) is 0.766. The van der Waals surface area contributed by atoms with Crippen molar-refractivity contribution in [3.05, 3.63) is 47.0 Å². The van der Waals surface area contributed by atoms with Gasteiger partial charge in [0, 0.05) is 5.69 Å². The van der Waals surface area contributed by atoms with Gasteiger partial charge in [-0.1, -0.05) is 17.7 Å². The van der Waals surface area contributed by atoms with Crippen LogP contribution in [0.4, 0.5) is 5.69 Å². The normalized spacial score (nSPS) is 10.3. The molecule has 140 valence electrons. The van der Waals surface area contributed by atoms with Crippen LogP contribution in [0.5, 0.6) is 17.2 Å². The van der Waals surface area contributed by atoms with E-state index in [1.165, 1.54) is 0 Å². The van der Waals surface area contributed by atoms with E-state index in [9.17, 15) is 4.79 Å². The molecule has 0 heterocycles. The number of rotatable bonds is 9. The molecule has 26 heavy (non-hydrogen) atoms. The first-order valence-electron chi connectivity index (χ1n) is 8.12. The molecular weight excluding hydrogens is 356 g/mol. The number of amides is 1. The molecular formula is C19H23ClN2O4. The molecule has 2 rings (SSSR count). The van der Waals surface area contributed by atoms with Crippen molar-refractivity contribution in [3.63, 3.8) is 0 Å². The zero-order valence-corrected chi connectivity index (χ0v) is 15.9. The van der Waals surface area contributed by atoms with Crippen molar-refractivity contribution in [2.24, 2.45) is 0 Å². The maximum atomic E-state index is 12.0. The Morgan fingerprint density at radius 1 is 0.962 bits per heavy atom. The van der Waals surface area contributed by atoms with Crippen LogP contribution in [0.15, 0.2) is 36.4 Å². The Bertz CT molecular complexity index is 752. The van der Waals surface area contributed by atoms with Crippen molar-refractivity contribution < 1.29 is 19.0 Å². The van der Waals surface area contributed by atoms with Gasteiger partial charge in [-0.2, -0.15) is 0 Å². The highest BCUT2D eigenvalue weighted by atomic mass is 35.5. The second kappa shape index (κ2) is 9.89. The summed E-state index contributed by atoms with van der Waals surface area (Å²) in [5.41, 5.74) is 1.72. The predicted molar refractivity (Wildman–Crippen MR) is 103 cm³/mol. The van der Waals surface area contributed by atoms with Crippen LogP contribution in [-0.2, 0) is 11.2 Å². The van der Waals surface area contributed by atoms with E-state index in [1.54, 1.807) is 39.5 Å². The van der Waals surface area contributed by atoms with E-state index in [1.807, 2.05) is 18.2 Å². The first-order valence-corrected chi connectivity index (χ1v) is 8.50. The van der Waals surface area contributed by atoms with Crippen LogP contribution >= 0.6 is 11.6 Å². The fraction of sp³-hybridized carbons (Fsp3) is 0.316. The van der Waals surface area contributed by atoms with Crippen molar-refractivity contribution in [1.29, 1.82) is 0 Å². The number of hydrogen-bond donors (Lipinski definition) is 2. The van der Waals surface area contributed by atoms with Gasteiger partial charge >= 0.3 is 0 Å². The Morgan fingerprint density at radius 2 is 1.65 bits per heavy atom. The van der Waals surface area contributed by atoms with Crippen LogP contribution in [0.3, 0.4) is 0 Å². The van der Waals surface area contributed by atoms with Gasteiger partial charge in [-0.25, -0.2) is 0 Å². The molecule has 0 atom stereocenters. The highest BCUT2D eigenvalue weighted by Crippen LogP contribution is 2.28. The van der Waals surface area contributed by atoms with Gasteiger partial charge in [-0.05, 0) is 48.9 Å². The van der Waals surface area contributed by atoms with Gasteiger partial charge in [0.05, 0.1) is 32.9 Å². The Hall–Kier alpha value is -2.44. The van der Waals surface area contributed by atoms with E-state index in [0.29, 0.717) is 34.5 Å². The lowest BCUT2D eigenvalue weighted by Crippen LogP contribution is -2.29. The fourth-order valence-corrected chi connectivity index (χ4v) is 2.68. The highest BCUT2D eigenvalue weighted by Gasteiger charge is 2.07. The van der Waals surface area contributed by atoms with Gasteiger partial charge in [-0.3, -0.25) is 4.79 Å². The number of ether oxygens (including phenoxy) is 3. The molecule has 0 saturated heterocycles. The minimum atomic E-state index is -0.140. The summed E-state index contributed by atoms with van der Waals surface area (Å²) in [5, 5.41) is 6.35. The summed E-state index contributed by atoms with van der Waals surface area (Å²) < 4.78 is 15.6. The first-order chi connectivity index (χ1) is 12.6. The summed E-state index contributed by atoms with van der Waals surface area (Å²) in [7, 11) is 4.76. The molecule has 0 bridgehead atoms. The summed E-state index contributed by atoms with van der Waals surface area (Å²) in [4.78, 5) is 12.0. The lowest BCUT2D eigenvalue weighted by Gasteiger charge is -2.10. The van der Waals surface area contributed by atoms with Crippen molar-refractivity contribution in [1.82, 2.24) is 5.32 Å². The van der Waals surface area contributed by atoms with Crippen LogP contribution in [0.25, 0.3) is 0 Å². The van der Waals surface area contributed by atoms with Crippen LogP contribution < -0.4 is 24.8 Å². The third-order valence-corrected chi connectivity index (χ3v) is 4.05. The molecule has 0 unspecified atom stereocenters. The van der Waals surface area contributed by atoms with Crippen LogP contribution in [-0.4, -0.2) is 40.3 Å². The molecule has 0 saturated carbocycles. The molecule has 0 fully saturated rings. The fourth-order valence-electron chi connectivity index (χ4n) is 2.42. The Balaban J connectivity index is 1.77. The molecule has 6 nitrogen and oxygen atoms in total. The number of carbonyl (C=O) groups excluding carboxylic acids is 1. The average Bonchev–Trinajstić information content (AvgIpc) is 2.65. The summed E-state index contributed by atoms with van der Waals surface area (Å²) in [6, 6.07) is 10.9. The summed E-state index contributed by atoms with van der Waals surface area (Å²) in [5.74, 6) is 1.82. The first kappa shape index (κ1) is 19.9. The molecule has 0 radical (unpaired) electrons. The molecule has 2 aromatic rings. The van der Waals surface area contributed by atoms with E-state index < -0.39 is 0 Å². The smallest absolute Gasteiger partial charge is 0.238 e. The minimum Gasteiger partial charge on any atom is -0.495 e. The van der Waals surface area contributed by atoms with E-state index in [-0.39, 0.29) is 12.5 Å². The maximum Gasteiger partial charge on any atom is 0.238 e. The van der Waals surface area contributed by atoms with Crippen molar-refractivity contribution in [2.75, 3.05) is 39.7 Å². The van der Waals surface area contributed by atoms with Gasteiger partial charge in [0.2, 0.25) is 5.91 Å². The third-order valence-electron chi connectivity index (χ3n) is 3.76. The lowest BCUT2D eigenvalue weighted by molar-refractivity contribution is -0.115. The monoisotopic (exact) mass is 378 g/mol. The zero-order valence-electron chi connectivity index (χ0n) is 15.1. The molecule has 1 amide bonds. The van der Waals surface area contributed by atoms with Crippen LogP contribution in [0.2, 0.25) is 5.02 Å². The molecule has 2 aromatic carbocycles. The standard InChI is InChI=1S/C19H23ClN2O4/c1-24-16-7-5-14(11-15(16)20)22-19(23)12-21-9-8-13-4-6-17(25-2)18(10-13)26-3/h4-7,10-11,21H,8-9,12H2,1-3H3,(H,22,23). The van der Waals surface area contributed by atoms with E-state index in [0.717, 1.165) is 12.0 Å². The van der Waals surface area contributed by atoms with Crippen LogP contribution in [0.1, 0.15) is 5.56 Å². The number of halogens is 1. The number of methoxy groups -OCH3 is 3. The third kappa shape index (κ3) is 5.54. The largest absolute Gasteiger partial charge is 0.495 e. The maximum absolute atomic E-state index is 12.0. The Labute approximate surface area is 158 Å². The lowest BCUT2D eigenvalue weighted by atomic mass is 10.1. The van der Waals surface area contributed by atoms with E-state index >= 15 is 0 Å². The molecule has 0 aromatic heterocycles. The molecule has 0 aliphatic carbocycles. The van der Waals surface area contributed by atoms with Crippen LogP contribution in [0, 0.1) is 0 Å². The van der Waals surface area contributed by atoms with Gasteiger partial charge in [0.1, 0.15) is 5.75 Å². The number of hydrogen-bond acceptors (Lipinski definition) is 5. The number of anilines is 1. The Kier molecular flexibility index (Phi) is 7.56. The number of benzene rings is 2. The topological polar surface area (TPSA) is 68.8 Å². The van der Waals surface area contributed by atoms with Crippen molar-refractivity contribution >= 4 is 23.2 Å². The highest BCUT2D eigenvalue weighted by molar-refractivity contribution is 6.32.